The highest BCUT2D eigenvalue weighted by molar-refractivity contribution is 5.93. The van der Waals surface area contributed by atoms with Crippen LogP contribution >= 0.6 is 0 Å². The summed E-state index contributed by atoms with van der Waals surface area (Å²) in [5.74, 6) is -1.28. The van der Waals surface area contributed by atoms with Gasteiger partial charge in [-0.1, -0.05) is 12.1 Å². The van der Waals surface area contributed by atoms with Gasteiger partial charge in [-0.15, -0.1) is 0 Å². The minimum absolute atomic E-state index is 0.0556. The van der Waals surface area contributed by atoms with E-state index in [2.05, 4.69) is 20.6 Å². The summed E-state index contributed by atoms with van der Waals surface area (Å²) in [7, 11) is 1.26. The Labute approximate surface area is 184 Å². The van der Waals surface area contributed by atoms with Gasteiger partial charge in [0.05, 0.1) is 25.6 Å². The first kappa shape index (κ1) is 24.3. The summed E-state index contributed by atoms with van der Waals surface area (Å²) in [5.41, 5.74) is 2.98. The Balaban J connectivity index is 1.85. The molecule has 9 nitrogen and oxygen atoms in total. The van der Waals surface area contributed by atoms with E-state index in [1.807, 2.05) is 0 Å². The highest BCUT2D eigenvalue weighted by Crippen LogP contribution is 2.28. The number of methoxy groups -OCH3 is 1. The minimum atomic E-state index is -0.553. The normalized spacial score (nSPS) is 10.5. The number of hydrogen-bond acceptors (Lipinski definition) is 7. The summed E-state index contributed by atoms with van der Waals surface area (Å²) in [5, 5.41) is 6.25. The molecule has 2 rings (SSSR count). The van der Waals surface area contributed by atoms with Crippen molar-refractivity contribution in [1.82, 2.24) is 5.43 Å². The number of carbonyl (C=O) groups is 3. The lowest BCUT2D eigenvalue weighted by molar-refractivity contribution is -0.143. The summed E-state index contributed by atoms with van der Waals surface area (Å²) < 4.78 is 28.9. The van der Waals surface area contributed by atoms with E-state index in [1.54, 1.807) is 31.2 Å². The molecule has 0 fully saturated rings. The Morgan fingerprint density at radius 2 is 1.78 bits per heavy atom. The van der Waals surface area contributed by atoms with Crippen LogP contribution in [0.4, 0.5) is 10.1 Å². The Hall–Kier alpha value is -3.95. The van der Waals surface area contributed by atoms with Crippen molar-refractivity contribution >= 4 is 29.7 Å². The molecule has 32 heavy (non-hydrogen) atoms. The quantitative estimate of drug-likeness (QED) is 0.312. The minimum Gasteiger partial charge on any atom is -0.490 e. The predicted molar refractivity (Wildman–Crippen MR) is 115 cm³/mol. The summed E-state index contributed by atoms with van der Waals surface area (Å²) in [4.78, 5) is 35.0. The van der Waals surface area contributed by atoms with E-state index in [0.29, 0.717) is 23.7 Å². The molecular weight excluding hydrogens is 421 g/mol. The molecule has 0 aliphatic heterocycles. The summed E-state index contributed by atoms with van der Waals surface area (Å²) in [6.45, 7) is 1.92. The second-order valence-corrected chi connectivity index (χ2v) is 6.33. The number of hydrogen-bond donors (Lipinski definition) is 2. The first-order valence-electron chi connectivity index (χ1n) is 9.75. The second kappa shape index (κ2) is 12.7. The largest absolute Gasteiger partial charge is 0.490 e. The molecule has 0 aromatic heterocycles. The smallest absolute Gasteiger partial charge is 0.343 e. The fourth-order valence-corrected chi connectivity index (χ4v) is 2.43. The maximum atomic E-state index is 13.5. The number of anilines is 1. The molecule has 2 N–H and O–H groups in total. The molecule has 0 unspecified atom stereocenters. The summed E-state index contributed by atoms with van der Waals surface area (Å²) in [6.07, 6.45) is 1.14. The Morgan fingerprint density at radius 3 is 2.50 bits per heavy atom. The fourth-order valence-electron chi connectivity index (χ4n) is 2.43. The van der Waals surface area contributed by atoms with Crippen LogP contribution in [0.5, 0.6) is 11.5 Å². The van der Waals surface area contributed by atoms with Gasteiger partial charge >= 0.3 is 5.97 Å². The lowest BCUT2D eigenvalue weighted by Gasteiger charge is -2.11. The van der Waals surface area contributed by atoms with Crippen LogP contribution in [0.25, 0.3) is 0 Å². The van der Waals surface area contributed by atoms with E-state index in [4.69, 9.17) is 9.47 Å². The average molecular weight is 445 g/mol. The van der Waals surface area contributed by atoms with Crippen LogP contribution in [-0.4, -0.2) is 44.3 Å². The fraction of sp³-hybridized carbons (Fsp3) is 0.273. The molecule has 10 heteroatoms. The van der Waals surface area contributed by atoms with E-state index in [-0.39, 0.29) is 25.1 Å². The van der Waals surface area contributed by atoms with Gasteiger partial charge in [0.2, 0.25) is 11.8 Å². The monoisotopic (exact) mass is 445 g/mol. The molecule has 0 atom stereocenters. The van der Waals surface area contributed by atoms with E-state index < -0.39 is 23.6 Å². The number of ether oxygens (including phenoxy) is 3. The van der Waals surface area contributed by atoms with Crippen molar-refractivity contribution in [3.8, 4) is 11.5 Å². The van der Waals surface area contributed by atoms with Crippen molar-refractivity contribution in [3.63, 3.8) is 0 Å². The molecule has 0 aliphatic carbocycles. The Morgan fingerprint density at radius 1 is 1.03 bits per heavy atom. The highest BCUT2D eigenvalue weighted by Gasteiger charge is 2.10. The van der Waals surface area contributed by atoms with Gasteiger partial charge in [0.1, 0.15) is 5.82 Å². The van der Waals surface area contributed by atoms with Crippen molar-refractivity contribution in [2.75, 3.05) is 25.6 Å². The zero-order chi connectivity index (χ0) is 23.3. The summed E-state index contributed by atoms with van der Waals surface area (Å²) >= 11 is 0. The molecule has 0 radical (unpaired) electrons. The lowest BCUT2D eigenvalue weighted by atomic mass is 10.2. The topological polar surface area (TPSA) is 115 Å². The molecule has 0 saturated heterocycles. The maximum absolute atomic E-state index is 13.5. The van der Waals surface area contributed by atoms with Crippen LogP contribution < -0.4 is 20.2 Å². The predicted octanol–water partition coefficient (Wildman–Crippen LogP) is 2.65. The zero-order valence-corrected chi connectivity index (χ0v) is 17.7. The third-order valence-electron chi connectivity index (χ3n) is 3.97. The van der Waals surface area contributed by atoms with Crippen molar-refractivity contribution in [2.24, 2.45) is 5.10 Å². The summed E-state index contributed by atoms with van der Waals surface area (Å²) in [6, 6.07) is 10.7. The number of esters is 1. The van der Waals surface area contributed by atoms with E-state index in [0.717, 1.165) is 0 Å². The molecule has 2 aromatic carbocycles. The van der Waals surface area contributed by atoms with E-state index in [1.165, 1.54) is 31.5 Å². The van der Waals surface area contributed by atoms with Gasteiger partial charge in [0, 0.05) is 12.8 Å². The molecule has 0 spiro atoms. The average Bonchev–Trinajstić information content (AvgIpc) is 2.78. The van der Waals surface area contributed by atoms with Gasteiger partial charge in [-0.3, -0.25) is 9.59 Å². The second-order valence-electron chi connectivity index (χ2n) is 6.33. The van der Waals surface area contributed by atoms with Crippen LogP contribution in [0.3, 0.4) is 0 Å². The number of carbonyl (C=O) groups excluding carboxylic acids is 3. The van der Waals surface area contributed by atoms with Crippen LogP contribution in [0, 0.1) is 5.82 Å². The molecule has 0 heterocycles. The molecule has 0 bridgehead atoms. The van der Waals surface area contributed by atoms with Gasteiger partial charge in [-0.2, -0.15) is 5.10 Å². The number of halogens is 1. The van der Waals surface area contributed by atoms with Gasteiger partial charge in [-0.25, -0.2) is 14.6 Å². The molecule has 0 saturated carbocycles. The van der Waals surface area contributed by atoms with Gasteiger partial charge < -0.3 is 19.5 Å². The number of rotatable bonds is 11. The molecule has 2 aromatic rings. The number of amides is 2. The van der Waals surface area contributed by atoms with Gasteiger partial charge in [0.25, 0.3) is 0 Å². The first-order chi connectivity index (χ1) is 15.4. The lowest BCUT2D eigenvalue weighted by Crippen LogP contribution is -2.21. The van der Waals surface area contributed by atoms with Crippen LogP contribution in [0.2, 0.25) is 0 Å². The molecular formula is C22H24FN3O6. The number of nitrogens with one attached hydrogen (secondary N) is 2. The van der Waals surface area contributed by atoms with Crippen LogP contribution in [0.1, 0.15) is 25.3 Å². The number of benzene rings is 2. The molecule has 2 amide bonds. The van der Waals surface area contributed by atoms with Crippen molar-refractivity contribution in [3.05, 3.63) is 53.8 Å². The molecule has 170 valence electrons. The number of nitrogens with zero attached hydrogens (tertiary/aromatic N) is 1. The zero-order valence-electron chi connectivity index (χ0n) is 17.7. The van der Waals surface area contributed by atoms with Crippen molar-refractivity contribution in [1.29, 1.82) is 0 Å². The number of hydrazone groups is 1. The number of para-hydroxylation sites is 1. The first-order valence-corrected chi connectivity index (χ1v) is 9.75. The van der Waals surface area contributed by atoms with Crippen molar-refractivity contribution in [2.45, 2.75) is 19.8 Å². The SMILES string of the molecule is CCOc1cc(C=NNC(=O)CCC(=O)Nc2ccccc2F)ccc1OCC(=O)OC. The molecule has 0 aliphatic rings. The third-order valence-corrected chi connectivity index (χ3v) is 3.97. The van der Waals surface area contributed by atoms with Crippen LogP contribution in [0.15, 0.2) is 47.6 Å². The van der Waals surface area contributed by atoms with Crippen LogP contribution in [-0.2, 0) is 19.1 Å². The van der Waals surface area contributed by atoms with Crippen molar-refractivity contribution < 1.29 is 33.0 Å². The Bertz CT molecular complexity index is 980. The third kappa shape index (κ3) is 8.05. The van der Waals surface area contributed by atoms with E-state index in [9.17, 15) is 18.8 Å². The Kier molecular flexibility index (Phi) is 9.64. The highest BCUT2D eigenvalue weighted by atomic mass is 19.1. The standard InChI is InChI=1S/C22H24FN3O6/c1-3-31-19-12-15(8-9-18(19)32-14-22(29)30-2)13-24-26-21(28)11-10-20(27)25-17-7-5-4-6-16(17)23/h4-9,12-13H,3,10-11,14H2,1-2H3,(H,25,27)(H,26,28). The van der Waals surface area contributed by atoms with Gasteiger partial charge in [-0.05, 0) is 42.8 Å². The van der Waals surface area contributed by atoms with E-state index >= 15 is 0 Å². The van der Waals surface area contributed by atoms with Gasteiger partial charge in [0.15, 0.2) is 18.1 Å². The maximum Gasteiger partial charge on any atom is 0.343 e.